The number of imide groups is 1. The Bertz CT molecular complexity index is 1010. The molecule has 1 saturated heterocycles. The van der Waals surface area contributed by atoms with Crippen molar-refractivity contribution in [1.82, 2.24) is 4.90 Å². The van der Waals surface area contributed by atoms with Gasteiger partial charge in [0.15, 0.2) is 17.6 Å². The summed E-state index contributed by atoms with van der Waals surface area (Å²) in [6.45, 7) is 3.60. The van der Waals surface area contributed by atoms with Crippen LogP contribution in [0.5, 0.6) is 11.5 Å². The second kappa shape index (κ2) is 9.04. The van der Waals surface area contributed by atoms with E-state index in [1.165, 1.54) is 18.9 Å². The minimum atomic E-state index is -1.09. The topological polar surface area (TPSA) is 93.1 Å². The Labute approximate surface area is 178 Å². The molecule has 0 spiro atoms. The molecule has 156 valence electrons. The van der Waals surface area contributed by atoms with Gasteiger partial charge in [-0.25, -0.2) is 4.79 Å². The van der Waals surface area contributed by atoms with Crippen LogP contribution in [-0.4, -0.2) is 40.3 Å². The molecule has 0 bridgehead atoms. The van der Waals surface area contributed by atoms with E-state index in [9.17, 15) is 14.4 Å². The molecule has 1 N–H and O–H groups in total. The Balaban J connectivity index is 1.79. The van der Waals surface area contributed by atoms with E-state index < -0.39 is 12.1 Å². The number of hydrogen-bond donors (Lipinski definition) is 1. The number of carbonyl (C=O) groups is 3. The van der Waals surface area contributed by atoms with Crippen molar-refractivity contribution >= 4 is 35.0 Å². The number of benzene rings is 2. The number of nitrogens with zero attached hydrogens (tertiary/aromatic N) is 1. The third-order valence-corrected chi connectivity index (χ3v) is 5.38. The van der Waals surface area contributed by atoms with Crippen molar-refractivity contribution < 1.29 is 29.0 Å². The number of carboxylic acid groups (broad SMARTS) is 1. The van der Waals surface area contributed by atoms with Crippen molar-refractivity contribution in [3.05, 3.63) is 64.1 Å². The lowest BCUT2D eigenvalue weighted by Gasteiger charge is -2.14. The van der Waals surface area contributed by atoms with E-state index in [4.69, 9.17) is 14.6 Å². The van der Waals surface area contributed by atoms with Gasteiger partial charge in [0.05, 0.1) is 18.6 Å². The number of ether oxygens (including phenoxy) is 2. The molecule has 0 aromatic heterocycles. The van der Waals surface area contributed by atoms with E-state index in [0.29, 0.717) is 16.2 Å². The van der Waals surface area contributed by atoms with E-state index in [-0.39, 0.29) is 23.4 Å². The lowest BCUT2D eigenvalue weighted by atomic mass is 10.1. The molecular weight excluding hydrogens is 406 g/mol. The molecular formula is C22H21NO6S. The molecule has 1 heterocycles. The minimum Gasteiger partial charge on any atom is -0.493 e. The summed E-state index contributed by atoms with van der Waals surface area (Å²) >= 11 is 0.880. The van der Waals surface area contributed by atoms with Gasteiger partial charge in [0.1, 0.15) is 0 Å². The molecule has 1 aliphatic rings. The third kappa shape index (κ3) is 4.83. The predicted octanol–water partition coefficient (Wildman–Crippen LogP) is 4.09. The van der Waals surface area contributed by atoms with Gasteiger partial charge in [0, 0.05) is 0 Å². The first-order valence-electron chi connectivity index (χ1n) is 9.17. The van der Waals surface area contributed by atoms with E-state index in [1.807, 2.05) is 31.2 Å². The number of carboxylic acids is 1. The van der Waals surface area contributed by atoms with E-state index in [2.05, 4.69) is 0 Å². The van der Waals surface area contributed by atoms with Gasteiger partial charge in [-0.1, -0.05) is 35.9 Å². The highest BCUT2D eigenvalue weighted by atomic mass is 32.2. The number of aryl methyl sites for hydroxylation is 1. The van der Waals surface area contributed by atoms with Crippen LogP contribution in [0.15, 0.2) is 47.4 Å². The Kier molecular flexibility index (Phi) is 6.47. The first-order valence-corrected chi connectivity index (χ1v) is 9.98. The molecule has 2 aromatic carbocycles. The Morgan fingerprint density at radius 3 is 2.50 bits per heavy atom. The van der Waals surface area contributed by atoms with Gasteiger partial charge >= 0.3 is 5.97 Å². The molecule has 2 amide bonds. The van der Waals surface area contributed by atoms with Crippen LogP contribution in [0, 0.1) is 6.92 Å². The average Bonchev–Trinajstić information content (AvgIpc) is 2.97. The van der Waals surface area contributed by atoms with Crippen LogP contribution in [0.3, 0.4) is 0 Å². The molecule has 1 unspecified atom stereocenters. The maximum Gasteiger partial charge on any atom is 0.344 e. The fourth-order valence-electron chi connectivity index (χ4n) is 2.78. The molecule has 1 fully saturated rings. The maximum atomic E-state index is 12.7. The first kappa shape index (κ1) is 21.4. The van der Waals surface area contributed by atoms with Crippen molar-refractivity contribution in [2.45, 2.75) is 26.5 Å². The summed E-state index contributed by atoms with van der Waals surface area (Å²) in [7, 11) is 1.44. The monoisotopic (exact) mass is 427 g/mol. The maximum absolute atomic E-state index is 12.7. The molecule has 1 atom stereocenters. The number of methoxy groups -OCH3 is 1. The zero-order chi connectivity index (χ0) is 21.8. The van der Waals surface area contributed by atoms with Gasteiger partial charge < -0.3 is 14.6 Å². The molecule has 30 heavy (non-hydrogen) atoms. The van der Waals surface area contributed by atoms with E-state index in [1.54, 1.807) is 24.3 Å². The Morgan fingerprint density at radius 2 is 1.87 bits per heavy atom. The molecule has 7 nitrogen and oxygen atoms in total. The highest BCUT2D eigenvalue weighted by Crippen LogP contribution is 2.35. The van der Waals surface area contributed by atoms with Crippen molar-refractivity contribution in [2.75, 3.05) is 7.11 Å². The summed E-state index contributed by atoms with van der Waals surface area (Å²) in [6.07, 6.45) is 0.565. The van der Waals surface area contributed by atoms with Gasteiger partial charge in [0.25, 0.3) is 11.1 Å². The van der Waals surface area contributed by atoms with Crippen LogP contribution < -0.4 is 9.47 Å². The second-order valence-corrected chi connectivity index (χ2v) is 7.76. The summed E-state index contributed by atoms with van der Waals surface area (Å²) in [5, 5.41) is 8.67. The Hall–Kier alpha value is -3.26. The summed E-state index contributed by atoms with van der Waals surface area (Å²) in [4.78, 5) is 37.6. The summed E-state index contributed by atoms with van der Waals surface area (Å²) < 4.78 is 10.6. The average molecular weight is 427 g/mol. The van der Waals surface area contributed by atoms with E-state index >= 15 is 0 Å². The van der Waals surface area contributed by atoms with Crippen LogP contribution >= 0.6 is 11.8 Å². The predicted molar refractivity (Wildman–Crippen MR) is 113 cm³/mol. The first-order chi connectivity index (χ1) is 14.3. The van der Waals surface area contributed by atoms with Crippen LogP contribution in [-0.2, 0) is 16.1 Å². The number of hydrogen-bond acceptors (Lipinski definition) is 6. The summed E-state index contributed by atoms with van der Waals surface area (Å²) in [5.74, 6) is -0.847. The quantitative estimate of drug-likeness (QED) is 0.665. The number of carbonyl (C=O) groups excluding carboxylic acids is 2. The second-order valence-electron chi connectivity index (χ2n) is 6.76. The molecule has 3 rings (SSSR count). The van der Waals surface area contributed by atoms with Gasteiger partial charge in [-0.15, -0.1) is 0 Å². The SMILES string of the molecule is COc1cc(/C=C2/SC(=O)N(Cc3ccc(C)cc3)C2=O)ccc1OC(C)C(=O)O. The van der Waals surface area contributed by atoms with Crippen LogP contribution in [0.1, 0.15) is 23.6 Å². The van der Waals surface area contributed by atoms with Gasteiger partial charge in [-0.05, 0) is 54.9 Å². The van der Waals surface area contributed by atoms with Crippen molar-refractivity contribution in [2.24, 2.45) is 0 Å². The van der Waals surface area contributed by atoms with Crippen molar-refractivity contribution in [3.8, 4) is 11.5 Å². The Morgan fingerprint density at radius 1 is 1.17 bits per heavy atom. The molecule has 0 aliphatic carbocycles. The lowest BCUT2D eigenvalue weighted by Crippen LogP contribution is -2.27. The lowest BCUT2D eigenvalue weighted by molar-refractivity contribution is -0.144. The molecule has 2 aromatic rings. The number of rotatable bonds is 7. The standard InChI is InChI=1S/C22H21NO6S/c1-13-4-6-15(7-5-13)12-23-20(24)19(30-22(23)27)11-16-8-9-17(18(10-16)28-3)29-14(2)21(25)26/h4-11,14H,12H2,1-3H3,(H,25,26)/b19-11+. The third-order valence-electron chi connectivity index (χ3n) is 4.47. The highest BCUT2D eigenvalue weighted by molar-refractivity contribution is 8.18. The van der Waals surface area contributed by atoms with Crippen LogP contribution in [0.2, 0.25) is 0 Å². The fourth-order valence-corrected chi connectivity index (χ4v) is 3.61. The number of aliphatic carboxylic acids is 1. The highest BCUT2D eigenvalue weighted by Gasteiger charge is 2.35. The number of amides is 2. The normalized spacial score (nSPS) is 16.1. The molecule has 0 radical (unpaired) electrons. The largest absolute Gasteiger partial charge is 0.493 e. The minimum absolute atomic E-state index is 0.214. The summed E-state index contributed by atoms with van der Waals surface area (Å²) in [6, 6.07) is 12.5. The van der Waals surface area contributed by atoms with Gasteiger partial charge in [0.2, 0.25) is 0 Å². The molecule has 8 heteroatoms. The van der Waals surface area contributed by atoms with Crippen LogP contribution in [0.4, 0.5) is 4.79 Å². The summed E-state index contributed by atoms with van der Waals surface area (Å²) in [5.41, 5.74) is 2.61. The fraction of sp³-hybridized carbons (Fsp3) is 0.227. The van der Waals surface area contributed by atoms with Gasteiger partial charge in [-0.3, -0.25) is 14.5 Å². The smallest absolute Gasteiger partial charge is 0.344 e. The zero-order valence-electron chi connectivity index (χ0n) is 16.7. The van der Waals surface area contributed by atoms with E-state index in [0.717, 1.165) is 22.9 Å². The molecule has 0 saturated carbocycles. The van der Waals surface area contributed by atoms with Crippen molar-refractivity contribution in [1.29, 1.82) is 0 Å². The van der Waals surface area contributed by atoms with Crippen molar-refractivity contribution in [3.63, 3.8) is 0 Å². The zero-order valence-corrected chi connectivity index (χ0v) is 17.6. The van der Waals surface area contributed by atoms with Gasteiger partial charge in [-0.2, -0.15) is 0 Å². The number of thioether (sulfide) groups is 1. The van der Waals surface area contributed by atoms with Crippen LogP contribution in [0.25, 0.3) is 6.08 Å². The molecule has 1 aliphatic heterocycles.